The van der Waals surface area contributed by atoms with Crippen LogP contribution in [0.3, 0.4) is 0 Å². The fraction of sp³-hybridized carbons (Fsp3) is 0.447. The van der Waals surface area contributed by atoms with E-state index in [0.29, 0.717) is 86.7 Å². The number of pyridine rings is 1. The van der Waals surface area contributed by atoms with Crippen molar-refractivity contribution in [2.24, 2.45) is 23.9 Å². The molecule has 5 aliphatic rings. The van der Waals surface area contributed by atoms with Crippen LogP contribution in [0.15, 0.2) is 53.7 Å². The molecule has 18 heteroatoms. The number of imide groups is 1. The highest BCUT2D eigenvalue weighted by Crippen LogP contribution is 2.38. The molecule has 0 unspecified atom stereocenters. The monoisotopic (exact) mass is 887 g/mol. The fourth-order valence-electron chi connectivity index (χ4n) is 9.79. The molecule has 16 nitrogen and oxygen atoms in total. The molecule has 2 N–H and O–H groups in total. The summed E-state index contributed by atoms with van der Waals surface area (Å²) in [5, 5.41) is 19.9. The summed E-state index contributed by atoms with van der Waals surface area (Å²) in [6.45, 7) is 7.69. The number of carbonyl (C=O) groups excluding carboxylic acids is 4. The van der Waals surface area contributed by atoms with Crippen molar-refractivity contribution in [1.29, 1.82) is 5.26 Å². The number of carbonyl (C=O) groups is 4. The minimum atomic E-state index is -1.09. The number of piperazine rings is 1. The Balaban J connectivity index is 0.879. The maximum absolute atomic E-state index is 15.4. The van der Waals surface area contributed by atoms with Crippen molar-refractivity contribution in [1.82, 2.24) is 29.9 Å². The summed E-state index contributed by atoms with van der Waals surface area (Å²) < 4.78 is 38.7. The van der Waals surface area contributed by atoms with Gasteiger partial charge in [-0.1, -0.05) is 13.0 Å². The number of piperidine rings is 1. The van der Waals surface area contributed by atoms with Crippen LogP contribution in [-0.4, -0.2) is 106 Å². The summed E-state index contributed by atoms with van der Waals surface area (Å²) in [5.74, 6) is -3.61. The maximum atomic E-state index is 15.4. The average Bonchev–Trinajstić information content (AvgIpc) is 4.00. The zero-order valence-electron chi connectivity index (χ0n) is 36.6. The van der Waals surface area contributed by atoms with Gasteiger partial charge in [-0.05, 0) is 80.5 Å². The second-order valence-electron chi connectivity index (χ2n) is 17.8. The number of aryl methyl sites for hydroxylation is 2. The lowest BCUT2D eigenvalue weighted by Crippen LogP contribution is -2.55. The van der Waals surface area contributed by atoms with Crippen molar-refractivity contribution in [3.05, 3.63) is 82.7 Å². The van der Waals surface area contributed by atoms with Gasteiger partial charge >= 0.3 is 0 Å². The first kappa shape index (κ1) is 43.5. The molecule has 7 heterocycles. The van der Waals surface area contributed by atoms with Crippen molar-refractivity contribution >= 4 is 46.7 Å². The van der Waals surface area contributed by atoms with Gasteiger partial charge in [-0.2, -0.15) is 15.4 Å². The average molecular weight is 888 g/mol. The van der Waals surface area contributed by atoms with Crippen LogP contribution in [0.1, 0.15) is 78.5 Å². The van der Waals surface area contributed by atoms with Crippen LogP contribution < -0.4 is 25.2 Å². The third-order valence-corrected chi connectivity index (χ3v) is 13.2. The van der Waals surface area contributed by atoms with Crippen LogP contribution in [0.25, 0.3) is 11.3 Å². The molecule has 0 aliphatic carbocycles. The van der Waals surface area contributed by atoms with Gasteiger partial charge in [0.15, 0.2) is 0 Å². The Labute approximate surface area is 375 Å². The normalized spacial score (nSPS) is 23.5. The molecule has 4 aromatic rings. The lowest BCUT2D eigenvalue weighted by molar-refractivity contribution is -0.138. The standard InChI is InChI=1S/C47H51F2N11O5/c1-27-5-4-16-65-46-35(22-51-56(46)3)39-19-31(17-28(2)52-39)43(62)55-47-53-38-8-6-29(18-40(38)60(47)23-27)24-58-14-15-59(26-32(58)10-12-50)45(64)30-11-13-57(25-30)33-20-36(48)42(37(49)21-33)34-7-9-41(61)54-44(34)63/h6,8,17-22,27,30,32,34H,4-5,7,9-11,13-16,23-26H2,1-3H3,(H,53,55,62)(H,54,61,63)/t27-,30-,32+,34-/m1/s1. The van der Waals surface area contributed by atoms with E-state index in [2.05, 4.69) is 49.6 Å². The molecule has 0 radical (unpaired) electrons. The predicted molar refractivity (Wildman–Crippen MR) is 237 cm³/mol. The van der Waals surface area contributed by atoms with E-state index in [0.717, 1.165) is 29.8 Å². The number of anilines is 3. The van der Waals surface area contributed by atoms with E-state index < -0.39 is 41.2 Å². The Bertz CT molecular complexity index is 2620. The van der Waals surface area contributed by atoms with E-state index in [1.54, 1.807) is 27.9 Å². The molecule has 0 saturated carbocycles. The first-order chi connectivity index (χ1) is 31.3. The van der Waals surface area contributed by atoms with Crippen molar-refractivity contribution < 1.29 is 32.7 Å². The number of benzene rings is 2. The molecule has 4 amide bonds. The molecule has 5 aliphatic heterocycles. The molecule has 2 bridgehead atoms. The molecule has 0 spiro atoms. The summed E-state index contributed by atoms with van der Waals surface area (Å²) in [4.78, 5) is 69.1. The van der Waals surface area contributed by atoms with Gasteiger partial charge in [0.25, 0.3) is 5.91 Å². The zero-order chi connectivity index (χ0) is 45.5. The number of hydrogen-bond acceptors (Lipinski definition) is 12. The fourth-order valence-corrected chi connectivity index (χ4v) is 9.79. The Morgan fingerprint density at radius 2 is 1.80 bits per heavy atom. The largest absolute Gasteiger partial charge is 0.477 e. The van der Waals surface area contributed by atoms with E-state index in [-0.39, 0.29) is 54.9 Å². The van der Waals surface area contributed by atoms with Crippen LogP contribution in [0.2, 0.25) is 0 Å². The van der Waals surface area contributed by atoms with E-state index in [9.17, 15) is 24.4 Å². The summed E-state index contributed by atoms with van der Waals surface area (Å²) in [6.07, 6.45) is 4.11. The summed E-state index contributed by atoms with van der Waals surface area (Å²) >= 11 is 0. The van der Waals surface area contributed by atoms with Gasteiger partial charge in [0, 0.05) is 87.8 Å². The number of nitrogens with zero attached hydrogens (tertiary/aromatic N) is 9. The summed E-state index contributed by atoms with van der Waals surface area (Å²) in [6, 6.07) is 14.1. The van der Waals surface area contributed by atoms with E-state index in [1.807, 2.05) is 31.0 Å². The van der Waals surface area contributed by atoms with E-state index in [1.165, 1.54) is 12.1 Å². The lowest BCUT2D eigenvalue weighted by atomic mass is 9.89. The molecule has 338 valence electrons. The van der Waals surface area contributed by atoms with Crippen LogP contribution in [0.4, 0.5) is 25.8 Å². The Morgan fingerprint density at radius 1 is 0.985 bits per heavy atom. The number of nitriles is 1. The topological polar surface area (TPSA) is 181 Å². The molecule has 9 rings (SSSR count). The molecule has 4 atom stereocenters. The Morgan fingerprint density at radius 3 is 2.58 bits per heavy atom. The van der Waals surface area contributed by atoms with Crippen LogP contribution >= 0.6 is 0 Å². The first-order valence-corrected chi connectivity index (χ1v) is 22.2. The second kappa shape index (κ2) is 18.0. The van der Waals surface area contributed by atoms with Crippen molar-refractivity contribution in [3.63, 3.8) is 0 Å². The number of rotatable bonds is 6. The van der Waals surface area contributed by atoms with Gasteiger partial charge in [0.2, 0.25) is 29.6 Å². The number of amides is 4. The van der Waals surface area contributed by atoms with Crippen molar-refractivity contribution in [2.75, 3.05) is 61.0 Å². The molecular weight excluding hydrogens is 837 g/mol. The zero-order valence-corrected chi connectivity index (χ0v) is 36.6. The van der Waals surface area contributed by atoms with Crippen LogP contribution in [0, 0.1) is 41.7 Å². The number of aliphatic imine (C=N–C) groups is 1. The van der Waals surface area contributed by atoms with E-state index in [4.69, 9.17) is 9.72 Å². The molecule has 3 saturated heterocycles. The Hall–Kier alpha value is -6.74. The number of guanidine groups is 1. The Kier molecular flexibility index (Phi) is 12.1. The van der Waals surface area contributed by atoms with Gasteiger partial charge in [-0.25, -0.2) is 13.5 Å². The van der Waals surface area contributed by atoms with Gasteiger partial charge in [0.1, 0.15) is 11.6 Å². The summed E-state index contributed by atoms with van der Waals surface area (Å²) in [7, 11) is 1.82. The number of nitrogens with one attached hydrogen (secondary N) is 2. The smallest absolute Gasteiger partial charge is 0.280 e. The third-order valence-electron chi connectivity index (χ3n) is 13.2. The first-order valence-electron chi connectivity index (χ1n) is 22.2. The molecule has 3 fully saturated rings. The van der Waals surface area contributed by atoms with Crippen molar-refractivity contribution in [2.45, 2.75) is 70.9 Å². The molecule has 2 aromatic heterocycles. The van der Waals surface area contributed by atoms with Gasteiger partial charge in [0.05, 0.1) is 59.8 Å². The highest BCUT2D eigenvalue weighted by Gasteiger charge is 2.38. The van der Waals surface area contributed by atoms with Crippen LogP contribution in [0.5, 0.6) is 5.88 Å². The minimum absolute atomic E-state index is 0.00255. The summed E-state index contributed by atoms with van der Waals surface area (Å²) in [5.41, 5.74) is 5.01. The minimum Gasteiger partial charge on any atom is -0.477 e. The quantitative estimate of drug-likeness (QED) is 0.240. The van der Waals surface area contributed by atoms with Crippen molar-refractivity contribution in [3.8, 4) is 23.2 Å². The van der Waals surface area contributed by atoms with Gasteiger partial charge < -0.3 is 24.8 Å². The molecular formula is C47H51F2N11O5. The molecule has 2 aromatic carbocycles. The highest BCUT2D eigenvalue weighted by atomic mass is 19.1. The van der Waals surface area contributed by atoms with Gasteiger partial charge in [-0.3, -0.25) is 34.4 Å². The SMILES string of the molecule is Cc1cc2cc(n1)-c1cnn(C)c1OCCC[C@@H](C)CN1/C(=N/C2=O)Nc2ccc(CN3CCN(C(=O)[C@@H]4CCN(c5cc(F)c([C@H]6CCC(=O)NC6=O)c(F)c5)C4)C[C@@H]3CC#N)cc21. The van der Waals surface area contributed by atoms with Gasteiger partial charge in [-0.15, -0.1) is 0 Å². The van der Waals surface area contributed by atoms with Crippen LogP contribution in [-0.2, 0) is 28.0 Å². The second-order valence-corrected chi connectivity index (χ2v) is 17.8. The number of ether oxygens (including phenoxy) is 1. The molecule has 65 heavy (non-hydrogen) atoms. The number of halogens is 2. The number of aromatic nitrogens is 3. The number of fused-ring (bicyclic) bond motifs is 7. The maximum Gasteiger partial charge on any atom is 0.280 e. The number of hydrogen-bond donors (Lipinski definition) is 2. The third kappa shape index (κ3) is 8.89. The lowest BCUT2D eigenvalue weighted by Gasteiger charge is -2.41. The predicted octanol–water partition coefficient (Wildman–Crippen LogP) is 5.28. The highest BCUT2D eigenvalue weighted by molar-refractivity contribution is 6.19. The van der Waals surface area contributed by atoms with E-state index >= 15 is 8.78 Å².